The monoisotopic (exact) mass is 491 g/mol. The molecule has 0 aliphatic carbocycles. The molecular weight excluding hydrogens is 462 g/mol. The zero-order valence-corrected chi connectivity index (χ0v) is 20.3. The number of carboxylic acid groups (broad SMARTS) is 1. The summed E-state index contributed by atoms with van der Waals surface area (Å²) in [4.78, 5) is 30.4. The first-order valence-corrected chi connectivity index (χ1v) is 12.5. The molecule has 0 unspecified atom stereocenters. The number of anilines is 1. The zero-order valence-electron chi connectivity index (χ0n) is 19.5. The van der Waals surface area contributed by atoms with Crippen LogP contribution in [0.25, 0.3) is 21.4 Å². The van der Waals surface area contributed by atoms with Gasteiger partial charge in [0.15, 0.2) is 0 Å². The Hall–Kier alpha value is -3.66. The van der Waals surface area contributed by atoms with Gasteiger partial charge in [0.2, 0.25) is 5.91 Å². The Morgan fingerprint density at radius 3 is 2.91 bits per heavy atom. The van der Waals surface area contributed by atoms with E-state index in [1.807, 2.05) is 18.2 Å². The molecular formula is C26H29N5O3S. The molecule has 182 valence electrons. The van der Waals surface area contributed by atoms with Gasteiger partial charge in [-0.3, -0.25) is 9.59 Å². The maximum atomic E-state index is 12.3. The summed E-state index contributed by atoms with van der Waals surface area (Å²) < 4.78 is 0. The van der Waals surface area contributed by atoms with E-state index in [4.69, 9.17) is 22.7 Å². The second kappa shape index (κ2) is 12.7. The number of amides is 1. The van der Waals surface area contributed by atoms with Gasteiger partial charge in [-0.25, -0.2) is 10.1 Å². The molecule has 1 aromatic carbocycles. The molecule has 0 radical (unpaired) electrons. The summed E-state index contributed by atoms with van der Waals surface area (Å²) in [5.74, 6) is -1.00. The van der Waals surface area contributed by atoms with Gasteiger partial charge in [-0.15, -0.1) is 11.3 Å². The third-order valence-electron chi connectivity index (χ3n) is 5.91. The standard InChI is InChI=1S/C26H29N5O3S/c1-29-20(17-27)16-21-8-10-24(35-21)19-7-9-23-18(15-19)5-4-13-31(23)14-11-25(32)30-12-3-2-6-22(28)26(33)34/h7-10,15-16,22H,2-6,11-14,28H2,(H,30,32)(H,33,34)/b20-16+/t22-/m0/s1. The van der Waals surface area contributed by atoms with Crippen molar-refractivity contribution in [2.45, 2.75) is 44.6 Å². The molecule has 4 N–H and O–H groups in total. The normalized spacial score (nSPS) is 13.9. The number of aryl methyl sites for hydroxylation is 1. The number of allylic oxidation sites excluding steroid dienone is 1. The highest BCUT2D eigenvalue weighted by molar-refractivity contribution is 7.16. The van der Waals surface area contributed by atoms with Gasteiger partial charge in [0.25, 0.3) is 5.70 Å². The molecule has 3 rings (SSSR count). The number of nitrogens with zero attached hydrogens (tertiary/aromatic N) is 3. The van der Waals surface area contributed by atoms with Crippen LogP contribution in [0.1, 0.15) is 42.5 Å². The number of benzene rings is 1. The highest BCUT2D eigenvalue weighted by Gasteiger charge is 2.18. The summed E-state index contributed by atoms with van der Waals surface area (Å²) in [5.41, 5.74) is 9.08. The highest BCUT2D eigenvalue weighted by atomic mass is 32.1. The number of nitrogens with two attached hydrogens (primary N) is 1. The Morgan fingerprint density at radius 2 is 2.17 bits per heavy atom. The molecule has 0 spiro atoms. The number of fused-ring (bicyclic) bond motifs is 1. The maximum absolute atomic E-state index is 12.3. The zero-order chi connectivity index (χ0) is 25.2. The van der Waals surface area contributed by atoms with Gasteiger partial charge in [0.1, 0.15) is 6.04 Å². The van der Waals surface area contributed by atoms with Crippen molar-refractivity contribution in [1.82, 2.24) is 5.32 Å². The van der Waals surface area contributed by atoms with Gasteiger partial charge in [0.05, 0.1) is 12.6 Å². The van der Waals surface area contributed by atoms with Gasteiger partial charge >= 0.3 is 5.97 Å². The molecule has 35 heavy (non-hydrogen) atoms. The fourth-order valence-electron chi connectivity index (χ4n) is 4.04. The summed E-state index contributed by atoms with van der Waals surface area (Å²) in [6, 6.07) is 11.4. The molecule has 0 saturated heterocycles. The molecule has 1 atom stereocenters. The summed E-state index contributed by atoms with van der Waals surface area (Å²) in [6.07, 6.45) is 5.80. The number of carbonyl (C=O) groups is 2. The average Bonchev–Trinajstić information content (AvgIpc) is 3.33. The van der Waals surface area contributed by atoms with Gasteiger partial charge in [-0.2, -0.15) is 0 Å². The van der Waals surface area contributed by atoms with Crippen molar-refractivity contribution in [1.29, 1.82) is 5.26 Å². The van der Waals surface area contributed by atoms with E-state index in [0.717, 1.165) is 40.4 Å². The van der Waals surface area contributed by atoms with Crippen LogP contribution in [0.2, 0.25) is 0 Å². The first-order valence-electron chi connectivity index (χ1n) is 11.6. The predicted molar refractivity (Wildman–Crippen MR) is 138 cm³/mol. The minimum atomic E-state index is -0.994. The molecule has 9 heteroatoms. The van der Waals surface area contributed by atoms with Crippen LogP contribution in [0, 0.1) is 17.9 Å². The number of nitrogens with one attached hydrogen (secondary N) is 1. The van der Waals surface area contributed by atoms with Gasteiger partial charge in [-0.1, -0.05) is 6.07 Å². The molecule has 0 bridgehead atoms. The highest BCUT2D eigenvalue weighted by Crippen LogP contribution is 2.35. The van der Waals surface area contributed by atoms with Crippen LogP contribution in [0.3, 0.4) is 0 Å². The van der Waals surface area contributed by atoms with E-state index in [1.54, 1.807) is 17.4 Å². The number of rotatable bonds is 11. The lowest BCUT2D eigenvalue weighted by Crippen LogP contribution is -2.34. The van der Waals surface area contributed by atoms with Crippen LogP contribution in [0.4, 0.5) is 5.69 Å². The van der Waals surface area contributed by atoms with E-state index in [0.29, 0.717) is 38.8 Å². The van der Waals surface area contributed by atoms with E-state index in [1.165, 1.54) is 5.56 Å². The van der Waals surface area contributed by atoms with E-state index >= 15 is 0 Å². The lowest BCUT2D eigenvalue weighted by atomic mass is 9.98. The van der Waals surface area contributed by atoms with Crippen molar-refractivity contribution in [3.05, 3.63) is 57.9 Å². The Balaban J connectivity index is 1.53. The van der Waals surface area contributed by atoms with Crippen molar-refractivity contribution in [3.63, 3.8) is 0 Å². The number of hydrogen-bond acceptors (Lipinski definition) is 6. The molecule has 1 aromatic heterocycles. The third kappa shape index (κ3) is 7.41. The van der Waals surface area contributed by atoms with Crippen LogP contribution in [-0.4, -0.2) is 42.7 Å². The van der Waals surface area contributed by atoms with Crippen molar-refractivity contribution in [2.75, 3.05) is 24.5 Å². The van der Waals surface area contributed by atoms with E-state index < -0.39 is 12.0 Å². The minimum absolute atomic E-state index is 0.00778. The summed E-state index contributed by atoms with van der Waals surface area (Å²) in [5, 5.41) is 20.7. The first-order chi connectivity index (χ1) is 16.9. The molecule has 0 fully saturated rings. The fourth-order valence-corrected chi connectivity index (χ4v) is 4.98. The van der Waals surface area contributed by atoms with Crippen molar-refractivity contribution in [3.8, 4) is 16.5 Å². The number of thiophene rings is 1. The second-order valence-corrected chi connectivity index (χ2v) is 9.55. The summed E-state index contributed by atoms with van der Waals surface area (Å²) in [7, 11) is 0. The SMILES string of the molecule is [C-]#[N+]/C(C#N)=C/c1ccc(-c2ccc3c(c2)CCCN3CCC(=O)NCCCC[C@H](N)C(=O)O)s1. The van der Waals surface area contributed by atoms with Crippen LogP contribution in [-0.2, 0) is 16.0 Å². The van der Waals surface area contributed by atoms with Crippen molar-refractivity contribution < 1.29 is 14.7 Å². The smallest absolute Gasteiger partial charge is 0.320 e. The Labute approximate surface area is 209 Å². The Bertz CT molecular complexity index is 1160. The molecule has 1 aliphatic heterocycles. The predicted octanol–water partition coefficient (Wildman–Crippen LogP) is 4.04. The molecule has 1 aliphatic rings. The lowest BCUT2D eigenvalue weighted by molar-refractivity contribution is -0.138. The van der Waals surface area contributed by atoms with Gasteiger partial charge in [-0.05, 0) is 73.6 Å². The topological polar surface area (TPSA) is 124 Å². The Kier molecular flexibility index (Phi) is 9.42. The number of hydrogen-bond donors (Lipinski definition) is 3. The summed E-state index contributed by atoms with van der Waals surface area (Å²) in [6.45, 7) is 9.10. The molecule has 8 nitrogen and oxygen atoms in total. The lowest BCUT2D eigenvalue weighted by Gasteiger charge is -2.31. The largest absolute Gasteiger partial charge is 0.480 e. The molecule has 0 saturated carbocycles. The quantitative estimate of drug-likeness (QED) is 0.248. The first kappa shape index (κ1) is 26.0. The second-order valence-electron chi connectivity index (χ2n) is 8.43. The fraction of sp³-hybridized carbons (Fsp3) is 0.385. The van der Waals surface area contributed by atoms with Crippen LogP contribution >= 0.6 is 11.3 Å². The van der Waals surface area contributed by atoms with Crippen molar-refractivity contribution in [2.24, 2.45) is 5.73 Å². The number of aliphatic carboxylic acids is 1. The van der Waals surface area contributed by atoms with Crippen LogP contribution < -0.4 is 16.0 Å². The average molecular weight is 492 g/mol. The Morgan fingerprint density at radius 1 is 1.34 bits per heavy atom. The van der Waals surface area contributed by atoms with E-state index in [9.17, 15) is 9.59 Å². The van der Waals surface area contributed by atoms with Crippen LogP contribution in [0.5, 0.6) is 0 Å². The van der Waals surface area contributed by atoms with E-state index in [2.05, 4.69) is 33.3 Å². The number of carbonyl (C=O) groups excluding carboxylic acids is 1. The van der Waals surface area contributed by atoms with Crippen LogP contribution in [0.15, 0.2) is 36.0 Å². The molecule has 2 aromatic rings. The molecule has 1 amide bonds. The maximum Gasteiger partial charge on any atom is 0.320 e. The number of nitriles is 1. The van der Waals surface area contributed by atoms with Crippen molar-refractivity contribution >= 4 is 35.0 Å². The summed E-state index contributed by atoms with van der Waals surface area (Å²) >= 11 is 1.55. The number of unbranched alkanes of at least 4 members (excludes halogenated alkanes) is 1. The van der Waals surface area contributed by atoms with Gasteiger partial charge < -0.3 is 21.1 Å². The number of carboxylic acids is 1. The van der Waals surface area contributed by atoms with Gasteiger partial charge in [0, 0.05) is 41.5 Å². The molecule has 2 heterocycles. The van der Waals surface area contributed by atoms with E-state index in [-0.39, 0.29) is 11.6 Å². The minimum Gasteiger partial charge on any atom is -0.480 e. The third-order valence-corrected chi connectivity index (χ3v) is 6.99.